The van der Waals surface area contributed by atoms with Gasteiger partial charge in [0.2, 0.25) is 0 Å². The molecule has 82 valence electrons. The van der Waals surface area contributed by atoms with Gasteiger partial charge in [0.25, 0.3) is 0 Å². The van der Waals surface area contributed by atoms with Crippen molar-refractivity contribution >= 4 is 30.4 Å². The van der Waals surface area contributed by atoms with E-state index in [0.29, 0.717) is 0 Å². The maximum absolute atomic E-state index is 2.75. The Hall–Kier alpha value is 0.868. The van der Waals surface area contributed by atoms with Crippen molar-refractivity contribution in [2.75, 3.05) is 0 Å². The maximum atomic E-state index is 2.75. The van der Waals surface area contributed by atoms with Gasteiger partial charge >= 0.3 is 0 Å². The Morgan fingerprint density at radius 1 is 0.643 bits per heavy atom. The van der Waals surface area contributed by atoms with Crippen LogP contribution < -0.4 is 0 Å². The first-order chi connectivity index (χ1) is 5.96. The largest absolute Gasteiger partial charge is 0.0713 e. The summed E-state index contributed by atoms with van der Waals surface area (Å²) in [5.41, 5.74) is 0. The molecule has 2 fully saturated rings. The van der Waals surface area contributed by atoms with E-state index in [1.807, 2.05) is 0 Å². The lowest BCUT2D eigenvalue weighted by molar-refractivity contribution is 1.05. The van der Waals surface area contributed by atoms with Gasteiger partial charge in [-0.05, 0) is 0 Å². The summed E-state index contributed by atoms with van der Waals surface area (Å²) >= 11 is 0. The fourth-order valence-corrected chi connectivity index (χ4v) is 77.4. The lowest BCUT2D eigenvalue weighted by atomic mass is 10.9. The summed E-state index contributed by atoms with van der Waals surface area (Å²) in [4.78, 5) is 0. The summed E-state index contributed by atoms with van der Waals surface area (Å²) < 4.78 is 1.07. The quantitative estimate of drug-likeness (QED) is 0.580. The second-order valence-corrected chi connectivity index (χ2v) is 41.1. The molecule has 2 rings (SSSR count). The molecule has 0 bridgehead atoms. The minimum absolute atomic E-state index is 0.720. The van der Waals surface area contributed by atoms with Gasteiger partial charge in [-0.25, -0.2) is 0 Å². The highest BCUT2D eigenvalue weighted by molar-refractivity contribution is 7.75. The molecule has 0 radical (unpaired) electrons. The Kier molecular flexibility index (Phi) is 1.83. The molecule has 0 aromatic heterocycles. The molecular weight excluding hydrogens is 232 g/mol. The van der Waals surface area contributed by atoms with Gasteiger partial charge in [-0.3, -0.25) is 0 Å². The fourth-order valence-electron chi connectivity index (χ4n) is 5.01. The van der Waals surface area contributed by atoms with Crippen molar-refractivity contribution in [1.82, 2.24) is 0 Å². The lowest BCUT2D eigenvalue weighted by Gasteiger charge is -2.61. The van der Waals surface area contributed by atoms with Gasteiger partial charge in [-0.1, -0.05) is 62.7 Å². The van der Waals surface area contributed by atoms with Crippen LogP contribution in [0.4, 0.5) is 0 Å². The zero-order valence-electron chi connectivity index (χ0n) is 11.2. The zero-order valence-corrected chi connectivity index (χ0v) is 15.2. The third-order valence-electron chi connectivity index (χ3n) is 7.10. The van der Waals surface area contributed by atoms with Crippen LogP contribution in [0.1, 0.15) is 0 Å². The molecule has 14 heavy (non-hydrogen) atoms. The Balaban J connectivity index is 2.44. The van der Waals surface area contributed by atoms with Crippen LogP contribution in [0, 0.1) is 0 Å². The van der Waals surface area contributed by atoms with Crippen molar-refractivity contribution in [1.29, 1.82) is 0 Å². The van der Waals surface area contributed by atoms with Gasteiger partial charge in [-0.15, -0.1) is 0 Å². The molecule has 0 unspecified atom stereocenters. The Bertz CT molecular complexity index is 287. The van der Waals surface area contributed by atoms with E-state index < -0.39 is 30.4 Å². The van der Waals surface area contributed by atoms with E-state index in [2.05, 4.69) is 52.4 Å². The summed E-state index contributed by atoms with van der Waals surface area (Å²) in [7, 11) is -3.01. The molecular formula is C10H26Si4. The average Bonchev–Trinajstić information content (AvgIpc) is 2.30. The first-order valence-electron chi connectivity index (χ1n) is 5.96. The Morgan fingerprint density at radius 3 is 1.07 bits per heavy atom. The van der Waals surface area contributed by atoms with Crippen LogP contribution in [-0.4, -0.2) is 30.4 Å². The molecule has 0 amide bonds. The highest BCUT2D eigenvalue weighted by Crippen LogP contribution is 2.82. The van der Waals surface area contributed by atoms with Gasteiger partial charge in [0.1, 0.15) is 0 Å². The second-order valence-electron chi connectivity index (χ2n) is 7.84. The normalized spacial score (nSPS) is 37.7. The highest BCUT2D eigenvalue weighted by atomic mass is 29.4. The first-order valence-corrected chi connectivity index (χ1v) is 20.2. The highest BCUT2D eigenvalue weighted by Gasteiger charge is 2.90. The lowest BCUT2D eigenvalue weighted by Crippen LogP contribution is -2.72. The number of hydrogen-bond acceptors (Lipinski definition) is 0. The van der Waals surface area contributed by atoms with E-state index >= 15 is 0 Å². The third-order valence-corrected chi connectivity index (χ3v) is 59.9. The standard InChI is InChI=1S/C10H26Si4/c1-11(2)9-10(12(11,3)4)13(5,6)14(10,7)8/h9H2,1-8H3. The van der Waals surface area contributed by atoms with E-state index in [4.69, 9.17) is 0 Å². The van der Waals surface area contributed by atoms with Crippen LogP contribution in [0.25, 0.3) is 0 Å². The van der Waals surface area contributed by atoms with Crippen LogP contribution in [0.15, 0.2) is 0 Å². The average molecular weight is 259 g/mol. The van der Waals surface area contributed by atoms with E-state index in [9.17, 15) is 0 Å². The van der Waals surface area contributed by atoms with Crippen LogP contribution in [0.2, 0.25) is 62.7 Å². The van der Waals surface area contributed by atoms with Crippen LogP contribution in [0.5, 0.6) is 0 Å². The molecule has 0 aromatic rings. The summed E-state index contributed by atoms with van der Waals surface area (Å²) in [6, 6.07) is 1.73. The number of rotatable bonds is 0. The molecule has 2 saturated heterocycles. The van der Waals surface area contributed by atoms with Gasteiger partial charge < -0.3 is 0 Å². The van der Waals surface area contributed by atoms with Crippen molar-refractivity contribution in [2.45, 2.75) is 62.7 Å². The Labute approximate surface area is 93.1 Å². The minimum atomic E-state index is -0.803. The molecule has 0 nitrogen and oxygen atoms in total. The molecule has 2 aliphatic rings. The minimum Gasteiger partial charge on any atom is -0.0713 e. The zero-order chi connectivity index (χ0) is 11.2. The molecule has 0 saturated carbocycles. The second kappa shape index (κ2) is 2.26. The molecule has 0 atom stereocenters. The maximum Gasteiger partial charge on any atom is 0.0415 e. The van der Waals surface area contributed by atoms with Gasteiger partial charge in [-0.2, -0.15) is 0 Å². The predicted octanol–water partition coefficient (Wildman–Crippen LogP) is 3.82. The summed E-state index contributed by atoms with van der Waals surface area (Å²) in [6.07, 6.45) is 0. The summed E-state index contributed by atoms with van der Waals surface area (Å²) in [6.45, 7) is 21.7. The van der Waals surface area contributed by atoms with Crippen molar-refractivity contribution in [3.05, 3.63) is 0 Å². The van der Waals surface area contributed by atoms with Gasteiger partial charge in [0.05, 0.1) is 0 Å². The predicted molar refractivity (Wildman–Crippen MR) is 77.4 cm³/mol. The fraction of sp³-hybridized carbons (Fsp3) is 1.00. The third kappa shape index (κ3) is 0.729. The van der Waals surface area contributed by atoms with Crippen molar-refractivity contribution in [2.24, 2.45) is 0 Å². The molecule has 0 aliphatic carbocycles. The molecule has 0 N–H and O–H groups in total. The van der Waals surface area contributed by atoms with Crippen molar-refractivity contribution in [3.8, 4) is 0 Å². The summed E-state index contributed by atoms with van der Waals surface area (Å²) in [5.74, 6) is 0. The van der Waals surface area contributed by atoms with E-state index in [1.165, 1.54) is 0 Å². The van der Waals surface area contributed by atoms with Crippen molar-refractivity contribution < 1.29 is 0 Å². The molecule has 4 heteroatoms. The van der Waals surface area contributed by atoms with Gasteiger partial charge in [0, 0.05) is 30.4 Å². The van der Waals surface area contributed by atoms with Crippen molar-refractivity contribution in [3.63, 3.8) is 0 Å². The van der Waals surface area contributed by atoms with Crippen LogP contribution in [-0.2, 0) is 0 Å². The first kappa shape index (κ1) is 11.4. The molecule has 1 spiro atoms. The molecule has 2 heterocycles. The van der Waals surface area contributed by atoms with Crippen LogP contribution >= 0.6 is 0 Å². The van der Waals surface area contributed by atoms with Crippen LogP contribution in [0.3, 0.4) is 0 Å². The topological polar surface area (TPSA) is 0 Å². The SMILES string of the molecule is C[Si]1(C)CC2([Si]1(C)C)[Si](C)(C)[Si]2(C)C. The van der Waals surface area contributed by atoms with E-state index in [1.54, 1.807) is 6.04 Å². The Morgan fingerprint density at radius 2 is 1.00 bits per heavy atom. The van der Waals surface area contributed by atoms with Gasteiger partial charge in [0.15, 0.2) is 0 Å². The van der Waals surface area contributed by atoms with E-state index in [-0.39, 0.29) is 0 Å². The molecule has 2 aliphatic heterocycles. The monoisotopic (exact) mass is 258 g/mol. The number of hydrogen-bond donors (Lipinski definition) is 0. The molecule has 0 aromatic carbocycles. The van der Waals surface area contributed by atoms with E-state index in [0.717, 1.165) is 4.28 Å². The summed E-state index contributed by atoms with van der Waals surface area (Å²) in [5, 5.41) is 0. The smallest absolute Gasteiger partial charge is 0.0415 e.